The van der Waals surface area contributed by atoms with E-state index in [1.165, 1.54) is 56.7 Å². The normalized spacial score (nSPS) is 17.0. The Labute approximate surface area is 168 Å². The molecule has 0 bridgehead atoms. The summed E-state index contributed by atoms with van der Waals surface area (Å²) in [6, 6.07) is 7.39. The van der Waals surface area contributed by atoms with E-state index in [9.17, 15) is 4.79 Å². The summed E-state index contributed by atoms with van der Waals surface area (Å²) in [5, 5.41) is 0. The second-order valence-electron chi connectivity index (χ2n) is 8.04. The zero-order valence-electron chi connectivity index (χ0n) is 17.4. The van der Waals surface area contributed by atoms with Crippen LogP contribution < -0.4 is 4.74 Å². The second kappa shape index (κ2) is 9.81. The molecule has 4 nitrogen and oxygen atoms in total. The van der Waals surface area contributed by atoms with E-state index in [-0.39, 0.29) is 5.97 Å². The molecule has 1 aromatic carbocycles. The van der Waals surface area contributed by atoms with E-state index < -0.39 is 0 Å². The van der Waals surface area contributed by atoms with E-state index in [2.05, 4.69) is 18.8 Å². The first-order valence-electron chi connectivity index (χ1n) is 10.7. The molecule has 4 heteroatoms. The monoisotopic (exact) mass is 380 g/mol. The van der Waals surface area contributed by atoms with Gasteiger partial charge in [0, 0.05) is 24.4 Å². The van der Waals surface area contributed by atoms with Crippen molar-refractivity contribution < 1.29 is 9.53 Å². The topological polar surface area (TPSA) is 52.1 Å². The minimum atomic E-state index is -0.313. The summed E-state index contributed by atoms with van der Waals surface area (Å²) in [6.07, 6.45) is 12.1. The predicted octanol–water partition coefficient (Wildman–Crippen LogP) is 5.78. The number of nitrogens with zero attached hydrogens (tertiary/aromatic N) is 2. The molecule has 3 rings (SSSR count). The Morgan fingerprint density at radius 2 is 2.04 bits per heavy atom. The Balaban J connectivity index is 1.65. The summed E-state index contributed by atoms with van der Waals surface area (Å²) in [5.74, 6) is 2.62. The van der Waals surface area contributed by atoms with Gasteiger partial charge in [-0.3, -0.25) is 4.79 Å². The first-order chi connectivity index (χ1) is 13.6. The first kappa shape index (κ1) is 20.5. The van der Waals surface area contributed by atoms with Crippen molar-refractivity contribution in [2.75, 3.05) is 0 Å². The lowest BCUT2D eigenvalue weighted by Crippen LogP contribution is -2.19. The fourth-order valence-electron chi connectivity index (χ4n) is 4.21. The highest BCUT2D eigenvalue weighted by molar-refractivity contribution is 5.69. The van der Waals surface area contributed by atoms with Crippen LogP contribution in [0.3, 0.4) is 0 Å². The highest BCUT2D eigenvalue weighted by Crippen LogP contribution is 2.32. The van der Waals surface area contributed by atoms with Crippen molar-refractivity contribution in [3.8, 4) is 17.1 Å². The molecule has 2 unspecified atom stereocenters. The average Bonchev–Trinajstić information content (AvgIpc) is 2.70. The van der Waals surface area contributed by atoms with Gasteiger partial charge >= 0.3 is 5.97 Å². The molecule has 2 aromatic rings. The Bertz CT molecular complexity index is 786. The van der Waals surface area contributed by atoms with Gasteiger partial charge in [-0.15, -0.1) is 0 Å². The molecule has 2 atom stereocenters. The van der Waals surface area contributed by atoms with E-state index in [1.54, 1.807) is 12.1 Å². The maximum atomic E-state index is 11.0. The number of aryl methyl sites for hydroxylation is 1. The van der Waals surface area contributed by atoms with Crippen LogP contribution in [-0.4, -0.2) is 15.9 Å². The Hall–Kier alpha value is -2.23. The molecule has 1 aromatic heterocycles. The minimum Gasteiger partial charge on any atom is -0.427 e. The molecule has 0 spiro atoms. The number of rotatable bonds is 8. The zero-order valence-corrected chi connectivity index (χ0v) is 17.4. The summed E-state index contributed by atoms with van der Waals surface area (Å²) in [7, 11) is 0. The molecule has 0 aliphatic heterocycles. The fraction of sp³-hybridized carbons (Fsp3) is 0.542. The summed E-state index contributed by atoms with van der Waals surface area (Å²) in [4.78, 5) is 20.5. The van der Waals surface area contributed by atoms with E-state index in [0.717, 1.165) is 36.1 Å². The molecule has 1 aliphatic carbocycles. The average molecular weight is 381 g/mol. The highest BCUT2D eigenvalue weighted by Gasteiger charge is 2.23. The van der Waals surface area contributed by atoms with Gasteiger partial charge in [-0.2, -0.15) is 0 Å². The van der Waals surface area contributed by atoms with Crippen molar-refractivity contribution in [3.63, 3.8) is 0 Å². The van der Waals surface area contributed by atoms with Crippen LogP contribution in [0.5, 0.6) is 5.75 Å². The van der Waals surface area contributed by atoms with Crippen molar-refractivity contribution in [1.82, 2.24) is 9.97 Å². The number of aromatic nitrogens is 2. The lowest BCUT2D eigenvalue weighted by molar-refractivity contribution is -0.131. The number of benzene rings is 1. The third-order valence-corrected chi connectivity index (χ3v) is 5.84. The molecular weight excluding hydrogens is 348 g/mol. The number of ether oxygens (including phenoxy) is 1. The van der Waals surface area contributed by atoms with Gasteiger partial charge in [-0.05, 0) is 67.3 Å². The third-order valence-electron chi connectivity index (χ3n) is 5.84. The van der Waals surface area contributed by atoms with Gasteiger partial charge in [0.15, 0.2) is 5.82 Å². The number of unbranched alkanes of at least 4 members (excludes halogenated alkanes) is 1. The lowest BCUT2D eigenvalue weighted by Gasteiger charge is -2.27. The van der Waals surface area contributed by atoms with E-state index in [4.69, 9.17) is 9.72 Å². The molecule has 1 aliphatic rings. The number of esters is 1. The molecule has 28 heavy (non-hydrogen) atoms. The summed E-state index contributed by atoms with van der Waals surface area (Å²) >= 11 is 0. The molecule has 0 amide bonds. The maximum absolute atomic E-state index is 11.0. The van der Waals surface area contributed by atoms with E-state index >= 15 is 0 Å². The van der Waals surface area contributed by atoms with Crippen molar-refractivity contribution in [2.24, 2.45) is 11.8 Å². The van der Waals surface area contributed by atoms with Crippen LogP contribution in [0.1, 0.15) is 70.6 Å². The van der Waals surface area contributed by atoms with Crippen LogP contribution >= 0.6 is 0 Å². The smallest absolute Gasteiger partial charge is 0.308 e. The van der Waals surface area contributed by atoms with Gasteiger partial charge in [0.2, 0.25) is 0 Å². The van der Waals surface area contributed by atoms with Crippen molar-refractivity contribution in [2.45, 2.75) is 72.1 Å². The minimum absolute atomic E-state index is 0.313. The number of carbonyl (C=O) groups is 1. The van der Waals surface area contributed by atoms with E-state index in [1.807, 2.05) is 18.3 Å². The Kier molecular flexibility index (Phi) is 7.18. The first-order valence-corrected chi connectivity index (χ1v) is 10.7. The Morgan fingerprint density at radius 1 is 1.25 bits per heavy atom. The number of carbonyl (C=O) groups excluding carboxylic acids is 1. The number of hydrogen-bond acceptors (Lipinski definition) is 4. The summed E-state index contributed by atoms with van der Waals surface area (Å²) < 4.78 is 5.09. The summed E-state index contributed by atoms with van der Waals surface area (Å²) in [5.41, 5.74) is 3.47. The van der Waals surface area contributed by atoms with Gasteiger partial charge in [-0.1, -0.05) is 39.5 Å². The molecule has 1 heterocycles. The van der Waals surface area contributed by atoms with Crippen LogP contribution in [0.4, 0.5) is 0 Å². The van der Waals surface area contributed by atoms with Crippen LogP contribution in [-0.2, 0) is 17.6 Å². The molecule has 150 valence electrons. The molecular formula is C24H32N2O2. The zero-order chi connectivity index (χ0) is 19.9. The van der Waals surface area contributed by atoms with Crippen LogP contribution in [0.2, 0.25) is 0 Å². The van der Waals surface area contributed by atoms with Gasteiger partial charge in [0.1, 0.15) is 5.75 Å². The van der Waals surface area contributed by atoms with Crippen LogP contribution in [0.15, 0.2) is 30.5 Å². The maximum Gasteiger partial charge on any atom is 0.308 e. The van der Waals surface area contributed by atoms with Crippen LogP contribution in [0, 0.1) is 11.8 Å². The van der Waals surface area contributed by atoms with E-state index in [0.29, 0.717) is 5.75 Å². The summed E-state index contributed by atoms with van der Waals surface area (Å²) in [6.45, 7) is 6.02. The fourth-order valence-corrected chi connectivity index (χ4v) is 4.21. The van der Waals surface area contributed by atoms with Crippen molar-refractivity contribution in [3.05, 3.63) is 41.7 Å². The Morgan fingerprint density at radius 3 is 2.71 bits per heavy atom. The second-order valence-corrected chi connectivity index (χ2v) is 8.04. The number of fused-ring (bicyclic) bond motifs is 1. The largest absolute Gasteiger partial charge is 0.427 e. The third kappa shape index (κ3) is 5.40. The molecule has 0 N–H and O–H groups in total. The van der Waals surface area contributed by atoms with Gasteiger partial charge in [0.25, 0.3) is 0 Å². The molecule has 0 saturated carbocycles. The van der Waals surface area contributed by atoms with Crippen molar-refractivity contribution in [1.29, 1.82) is 0 Å². The molecule has 0 fully saturated rings. The van der Waals surface area contributed by atoms with Crippen LogP contribution in [0.25, 0.3) is 11.4 Å². The highest BCUT2D eigenvalue weighted by atomic mass is 16.5. The SMILES string of the molecule is CCCCC(CC)CC1CCc2nc(-c3ccc(OC(C)=O)cc3)ncc2C1. The van der Waals surface area contributed by atoms with Gasteiger partial charge in [-0.25, -0.2) is 9.97 Å². The standard InChI is InChI=1S/C24H32N2O2/c1-4-6-7-18(5-2)14-19-8-13-23-21(15-19)16-25-24(26-23)20-9-11-22(12-10-20)28-17(3)27/h9-12,16,18-19H,4-8,13-15H2,1-3H3. The molecule has 0 saturated heterocycles. The quantitative estimate of drug-likeness (QED) is 0.430. The van der Waals surface area contributed by atoms with Gasteiger partial charge in [0.05, 0.1) is 0 Å². The molecule has 0 radical (unpaired) electrons. The number of hydrogen-bond donors (Lipinski definition) is 0. The van der Waals surface area contributed by atoms with Crippen molar-refractivity contribution >= 4 is 5.97 Å². The lowest BCUT2D eigenvalue weighted by atomic mass is 9.79. The predicted molar refractivity (Wildman–Crippen MR) is 112 cm³/mol. The van der Waals surface area contributed by atoms with Gasteiger partial charge < -0.3 is 4.74 Å².